The number of aliphatic hydroxyl groups excluding tert-OH is 2. The number of carboxylic acid groups (broad SMARTS) is 1. The van der Waals surface area contributed by atoms with Crippen LogP contribution in [-0.4, -0.2) is 261 Å². The topological polar surface area (TPSA) is 634 Å². The lowest BCUT2D eigenvalue weighted by molar-refractivity contribution is -0.158. The van der Waals surface area contributed by atoms with Crippen molar-refractivity contribution in [3.05, 3.63) is 120 Å². The number of amides is 13. The smallest absolute Gasteiger partial charge is 0.345 e. The van der Waals surface area contributed by atoms with Crippen LogP contribution in [0.5, 0.6) is 0 Å². The minimum absolute atomic E-state index is 0.00584. The second-order valence-corrected chi connectivity index (χ2v) is 31.3. The molecule has 664 valence electrons. The van der Waals surface area contributed by atoms with Gasteiger partial charge in [-0.25, -0.2) is 4.79 Å². The molecule has 40 nitrogen and oxygen atoms in total. The Morgan fingerprint density at radius 1 is 0.672 bits per heavy atom. The van der Waals surface area contributed by atoms with Gasteiger partial charge in [0.15, 0.2) is 0 Å². The number of hydrogen-bond acceptors (Lipinski definition) is 26. The minimum atomic E-state index is -1.85. The molecule has 0 unspecified atom stereocenters. The van der Waals surface area contributed by atoms with Crippen molar-refractivity contribution in [2.24, 2.45) is 34.6 Å². The van der Waals surface area contributed by atoms with Crippen molar-refractivity contribution in [2.75, 3.05) is 59.4 Å². The Kier molecular flexibility index (Phi) is 39.9. The zero-order valence-electron chi connectivity index (χ0n) is 69.3. The number of aliphatic carboxylic acids is 1. The highest BCUT2D eigenvalue weighted by atomic mass is 32.2. The first-order valence-electron chi connectivity index (χ1n) is 40.1. The number of nitrogens with two attached hydrogens (primary N) is 5. The third-order valence-electron chi connectivity index (χ3n) is 19.2. The zero-order valence-corrected chi connectivity index (χ0v) is 70.1. The van der Waals surface area contributed by atoms with Crippen LogP contribution in [0.3, 0.4) is 0 Å². The van der Waals surface area contributed by atoms with E-state index in [2.05, 4.69) is 68.8 Å². The predicted octanol–water partition coefficient (Wildman–Crippen LogP) is -2.88. The van der Waals surface area contributed by atoms with E-state index in [1.54, 1.807) is 123 Å². The summed E-state index contributed by atoms with van der Waals surface area (Å²) in [5.74, 6) is -13.5. The van der Waals surface area contributed by atoms with Gasteiger partial charge in [0.2, 0.25) is 65.0 Å². The van der Waals surface area contributed by atoms with Crippen LogP contribution in [0.4, 0.5) is 4.79 Å². The molecule has 0 spiro atoms. The van der Waals surface area contributed by atoms with Gasteiger partial charge in [0.05, 0.1) is 47.6 Å². The van der Waals surface area contributed by atoms with E-state index in [9.17, 15) is 82.4 Å². The summed E-state index contributed by atoms with van der Waals surface area (Å²) >= 11 is 1.25. The fourth-order valence-electron chi connectivity index (χ4n) is 12.8. The van der Waals surface area contributed by atoms with Crippen LogP contribution in [-0.2, 0) is 73.5 Å². The molecule has 1 aliphatic rings. The molecule has 6 rings (SSSR count). The highest BCUT2D eigenvalue weighted by molar-refractivity contribution is 7.99. The number of pyridine rings is 1. The molecule has 122 heavy (non-hydrogen) atoms. The largest absolute Gasteiger partial charge is 0.480 e. The van der Waals surface area contributed by atoms with Crippen molar-refractivity contribution < 1.29 is 92.0 Å². The maximum Gasteiger partial charge on any atom is 0.345 e. The standard InChI is InChI=1S/C81H115N21O19S/c1-45(2)41-60-75(114)93-55(28-33-82)70(109)92-58(31-36-85)74(113)99-67(46(3)103)77(116)90-38-32-59(73(112)91-56(29-34-83)72(111)97-61(76(115)96-60)42-48-15-9-8-10-16-48)94-71(110)57(30-35-84)95-78(117)68(47(4)104)98-65(106)26-27-66(107)121-81(5,6)44-101(40-39-89-64(105)25-23-53(86)79(118)119)80(120)102-62-43-50(122-63-19-12-11-18-52(63)69(108)87-7)21-22-51(62)54(100-102)24-20-49-17-13-14-37-88-49/h8-22,24,37,43,45-47,53,55-61,67-68,103-104H,23,25-36,38-42,44,82-86H2,1-7H3,(H,87,108)(H,89,105)(H,90,116)(H,91,112)(H,92,109)(H,93,114)(H,94,110)(H,95,117)(H,96,115)(H,97,111)(H,98,106)(H,99,113)(H,118,119)/b24-20+/t46-,47+,53-,55+,56+,57+,58+,59+,60+,61-,67+,68+/m1/s1. The highest BCUT2D eigenvalue weighted by Crippen LogP contribution is 2.34. The predicted molar refractivity (Wildman–Crippen MR) is 449 cm³/mol. The number of rotatable bonds is 37. The van der Waals surface area contributed by atoms with Crippen molar-refractivity contribution in [1.29, 1.82) is 0 Å². The van der Waals surface area contributed by atoms with Gasteiger partial charge in [0.1, 0.15) is 66.0 Å². The molecule has 2 aromatic heterocycles. The Labute approximate surface area is 709 Å². The quantitative estimate of drug-likeness (QED) is 0.0178. The number of hydrogen-bond donors (Lipinski definition) is 20. The van der Waals surface area contributed by atoms with Crippen LogP contribution in [0.2, 0.25) is 0 Å². The summed E-state index contributed by atoms with van der Waals surface area (Å²) < 4.78 is 7.04. The number of fused-ring (bicyclic) bond motifs is 1. The number of nitrogens with one attached hydrogen (secondary N) is 12. The molecule has 5 aromatic rings. The highest BCUT2D eigenvalue weighted by Gasteiger charge is 2.39. The Bertz CT molecular complexity index is 4480. The third-order valence-corrected chi connectivity index (χ3v) is 20.2. The summed E-state index contributed by atoms with van der Waals surface area (Å²) in [6.07, 6.45) is -1.95. The van der Waals surface area contributed by atoms with Gasteiger partial charge < -0.3 is 117 Å². The number of benzene rings is 3. The molecular formula is C81H115N21O19S. The SMILES string of the molecule is CNC(=O)c1ccccc1Sc1ccc2c(/C=C/c3ccccn3)nn(C(=O)N(CCNC(=O)CC[C@@H](N)C(=O)O)CC(C)(C)OC(=O)CCC(=O)N[C@H](C(=O)N[C@@H](CCN)C(=O)N[C@H]3CCNC(=O)[C@H]([C@@H](C)O)NC(=O)[C@H](CCN)NC(=O)[C@H](CCN)NC(=O)[C@H](CC(C)C)NC(=O)[C@@H](Cc4ccccc4)NC(=O)[C@H](CCN)NC3=O)[C@H](C)O)c2c1. The van der Waals surface area contributed by atoms with Crippen molar-refractivity contribution >= 4 is 124 Å². The molecule has 0 bridgehead atoms. The molecule has 0 saturated carbocycles. The summed E-state index contributed by atoms with van der Waals surface area (Å²) in [6.45, 7) is 6.48. The van der Waals surface area contributed by atoms with Crippen LogP contribution in [0.1, 0.15) is 133 Å². The van der Waals surface area contributed by atoms with E-state index in [0.29, 0.717) is 43.2 Å². The molecule has 3 heterocycles. The number of ether oxygens (including phenoxy) is 1. The summed E-state index contributed by atoms with van der Waals surface area (Å²) in [6, 6.07) is 9.47. The molecule has 13 amide bonds. The Morgan fingerprint density at radius 2 is 1.27 bits per heavy atom. The van der Waals surface area contributed by atoms with E-state index in [4.69, 9.17) is 38.5 Å². The number of carbonyl (C=O) groups excluding carboxylic acids is 14. The van der Waals surface area contributed by atoms with Crippen molar-refractivity contribution in [3.63, 3.8) is 0 Å². The first-order chi connectivity index (χ1) is 58.0. The van der Waals surface area contributed by atoms with Crippen molar-refractivity contribution in [2.45, 2.75) is 200 Å². The van der Waals surface area contributed by atoms with Gasteiger partial charge >= 0.3 is 18.0 Å². The number of carboxylic acids is 1. The summed E-state index contributed by atoms with van der Waals surface area (Å²) in [5, 5.41) is 67.1. The van der Waals surface area contributed by atoms with Gasteiger partial charge in [-0.15, -0.1) is 0 Å². The molecule has 41 heteroatoms. The second kappa shape index (κ2) is 49.2. The maximum absolute atomic E-state index is 15.2. The normalized spacial score (nSPS) is 19.3. The number of aliphatic hydroxyl groups is 2. The lowest BCUT2D eigenvalue weighted by Crippen LogP contribution is -2.61. The van der Waals surface area contributed by atoms with Crippen molar-refractivity contribution in [3.8, 4) is 0 Å². The molecule has 25 N–H and O–H groups in total. The first-order valence-corrected chi connectivity index (χ1v) is 40.9. The van der Waals surface area contributed by atoms with Gasteiger partial charge in [-0.2, -0.15) is 9.78 Å². The number of nitrogens with zero attached hydrogens (tertiary/aromatic N) is 4. The molecule has 1 fully saturated rings. The van der Waals surface area contributed by atoms with Crippen LogP contribution in [0.15, 0.2) is 107 Å². The van der Waals surface area contributed by atoms with Crippen LogP contribution >= 0.6 is 11.8 Å². The molecule has 0 radical (unpaired) electrons. The maximum atomic E-state index is 15.2. The Morgan fingerprint density at radius 3 is 1.87 bits per heavy atom. The van der Waals surface area contributed by atoms with Gasteiger partial charge in [-0.1, -0.05) is 74.1 Å². The van der Waals surface area contributed by atoms with E-state index in [-0.39, 0.29) is 102 Å². The Hall–Kier alpha value is -11.9. The van der Waals surface area contributed by atoms with Crippen molar-refractivity contribution in [1.82, 2.24) is 83.5 Å². The van der Waals surface area contributed by atoms with E-state index in [1.165, 1.54) is 44.5 Å². The summed E-state index contributed by atoms with van der Waals surface area (Å²) in [5.41, 5.74) is 30.0. The third kappa shape index (κ3) is 31.3. The monoisotopic (exact) mass is 1720 g/mol. The molecule has 1 saturated heterocycles. The first kappa shape index (κ1) is 99.0. The van der Waals surface area contributed by atoms with Gasteiger partial charge in [-0.05, 0) is 165 Å². The molecule has 3 aromatic carbocycles. The fourth-order valence-corrected chi connectivity index (χ4v) is 13.8. The molecule has 0 aliphatic carbocycles. The van der Waals surface area contributed by atoms with Crippen LogP contribution < -0.4 is 92.5 Å². The van der Waals surface area contributed by atoms with Crippen LogP contribution in [0.25, 0.3) is 23.1 Å². The Balaban J connectivity index is 1.24. The number of esters is 1. The van der Waals surface area contributed by atoms with Gasteiger partial charge in [0.25, 0.3) is 5.91 Å². The average molecular weight is 1720 g/mol. The zero-order chi connectivity index (χ0) is 89.9. The number of carbonyl (C=O) groups is 15. The molecule has 1 aliphatic heterocycles. The van der Waals surface area contributed by atoms with Crippen LogP contribution in [0, 0.1) is 5.92 Å². The molecular weight excluding hydrogens is 1600 g/mol. The van der Waals surface area contributed by atoms with Gasteiger partial charge in [-0.3, -0.25) is 72.1 Å². The fraction of sp³-hybridized carbons (Fsp3) is 0.494. The summed E-state index contributed by atoms with van der Waals surface area (Å²) in [7, 11) is 1.50. The van der Waals surface area contributed by atoms with E-state index in [0.717, 1.165) is 11.6 Å². The average Bonchev–Trinajstić information content (AvgIpc) is 1.62. The molecule has 12 atom stereocenters. The summed E-state index contributed by atoms with van der Waals surface area (Å²) in [4.78, 5) is 216. The van der Waals surface area contributed by atoms with E-state index >= 15 is 4.79 Å². The minimum Gasteiger partial charge on any atom is -0.480 e. The lowest BCUT2D eigenvalue weighted by Gasteiger charge is -2.32. The second-order valence-electron chi connectivity index (χ2n) is 30.2. The number of aromatic nitrogens is 3. The van der Waals surface area contributed by atoms with E-state index in [1.807, 2.05) is 0 Å². The van der Waals surface area contributed by atoms with Gasteiger partial charge in [0, 0.05) is 67.3 Å². The van der Waals surface area contributed by atoms with E-state index < -0.39 is 194 Å². The lowest BCUT2D eigenvalue weighted by atomic mass is 10.00.